The smallest absolute Gasteiger partial charge is 0.294 e. The predicted octanol–water partition coefficient (Wildman–Crippen LogP) is 4.85. The van der Waals surface area contributed by atoms with E-state index in [-0.39, 0.29) is 24.5 Å². The summed E-state index contributed by atoms with van der Waals surface area (Å²) in [6, 6.07) is 5.51. The van der Waals surface area contributed by atoms with E-state index in [0.717, 1.165) is 11.1 Å². The number of rotatable bonds is 2. The predicted molar refractivity (Wildman–Crippen MR) is 71.7 cm³/mol. The standard InChI is InChI=1S/C16H19F3O/c1-10-3-4-13(9-11(10)2)15(20)12-5-7-14(8-6-12)16(17,18)19/h3-4,9,12,14H,5-8H2,1-2H3. The normalized spacial score (nSPS) is 23.6. The summed E-state index contributed by atoms with van der Waals surface area (Å²) in [5.74, 6) is -1.49. The van der Waals surface area contributed by atoms with Crippen molar-refractivity contribution in [3.8, 4) is 0 Å². The van der Waals surface area contributed by atoms with Crippen molar-refractivity contribution in [1.82, 2.24) is 0 Å². The second-order valence-electron chi connectivity index (χ2n) is 5.75. The lowest BCUT2D eigenvalue weighted by Crippen LogP contribution is -2.30. The van der Waals surface area contributed by atoms with Gasteiger partial charge in [0.1, 0.15) is 0 Å². The van der Waals surface area contributed by atoms with Crippen molar-refractivity contribution in [2.24, 2.45) is 11.8 Å². The molecule has 0 aromatic heterocycles. The van der Waals surface area contributed by atoms with Crippen LogP contribution in [0.25, 0.3) is 0 Å². The maximum atomic E-state index is 12.6. The van der Waals surface area contributed by atoms with Gasteiger partial charge in [-0.05, 0) is 56.7 Å². The third kappa shape index (κ3) is 3.22. The van der Waals surface area contributed by atoms with Gasteiger partial charge in [0.25, 0.3) is 0 Å². The molecule has 0 radical (unpaired) electrons. The van der Waals surface area contributed by atoms with E-state index in [1.54, 1.807) is 6.07 Å². The van der Waals surface area contributed by atoms with E-state index in [4.69, 9.17) is 0 Å². The molecule has 0 spiro atoms. The Kier molecular flexibility index (Phi) is 4.21. The van der Waals surface area contributed by atoms with Crippen LogP contribution in [0.5, 0.6) is 0 Å². The van der Waals surface area contributed by atoms with Gasteiger partial charge >= 0.3 is 6.18 Å². The van der Waals surface area contributed by atoms with E-state index in [2.05, 4.69) is 0 Å². The van der Waals surface area contributed by atoms with Crippen LogP contribution in [-0.4, -0.2) is 12.0 Å². The highest BCUT2D eigenvalue weighted by Crippen LogP contribution is 2.40. The first-order chi connectivity index (χ1) is 9.29. The fourth-order valence-corrected chi connectivity index (χ4v) is 2.81. The highest BCUT2D eigenvalue weighted by atomic mass is 19.4. The van der Waals surface area contributed by atoms with Crippen LogP contribution in [-0.2, 0) is 0 Å². The molecule has 0 amide bonds. The molecule has 2 rings (SSSR count). The molecule has 110 valence electrons. The molecule has 1 fully saturated rings. The van der Waals surface area contributed by atoms with Gasteiger partial charge in [0.15, 0.2) is 5.78 Å². The minimum Gasteiger partial charge on any atom is -0.294 e. The zero-order valence-corrected chi connectivity index (χ0v) is 11.8. The third-order valence-corrected chi connectivity index (χ3v) is 4.35. The van der Waals surface area contributed by atoms with Crippen LogP contribution in [0.2, 0.25) is 0 Å². The average Bonchev–Trinajstić information content (AvgIpc) is 2.40. The number of halogens is 3. The Balaban J connectivity index is 2.03. The minimum atomic E-state index is -4.12. The van der Waals surface area contributed by atoms with Gasteiger partial charge < -0.3 is 0 Å². The second-order valence-corrected chi connectivity index (χ2v) is 5.75. The number of carbonyl (C=O) groups is 1. The fraction of sp³-hybridized carbons (Fsp3) is 0.562. The van der Waals surface area contributed by atoms with Crippen molar-refractivity contribution in [3.05, 3.63) is 34.9 Å². The first-order valence-corrected chi connectivity index (χ1v) is 6.97. The summed E-state index contributed by atoms with van der Waals surface area (Å²) >= 11 is 0. The van der Waals surface area contributed by atoms with Gasteiger partial charge in [-0.2, -0.15) is 13.2 Å². The summed E-state index contributed by atoms with van der Waals surface area (Å²) in [5, 5.41) is 0. The molecule has 1 aromatic rings. The third-order valence-electron chi connectivity index (χ3n) is 4.35. The zero-order valence-electron chi connectivity index (χ0n) is 11.8. The Morgan fingerprint density at radius 3 is 2.15 bits per heavy atom. The highest BCUT2D eigenvalue weighted by Gasteiger charge is 2.42. The topological polar surface area (TPSA) is 17.1 Å². The van der Waals surface area contributed by atoms with E-state index < -0.39 is 12.1 Å². The lowest BCUT2D eigenvalue weighted by atomic mass is 9.78. The summed E-state index contributed by atoms with van der Waals surface area (Å²) in [6.45, 7) is 3.91. The molecule has 0 bridgehead atoms. The van der Waals surface area contributed by atoms with Crippen molar-refractivity contribution < 1.29 is 18.0 Å². The molecule has 1 aliphatic carbocycles. The van der Waals surface area contributed by atoms with Crippen LogP contribution in [0, 0.1) is 25.7 Å². The second kappa shape index (κ2) is 5.58. The number of hydrogen-bond donors (Lipinski definition) is 0. The van der Waals surface area contributed by atoms with Crippen LogP contribution in [0.4, 0.5) is 13.2 Å². The first-order valence-electron chi connectivity index (χ1n) is 6.97. The molecular formula is C16H19F3O. The number of carbonyl (C=O) groups excluding carboxylic acids is 1. The molecule has 4 heteroatoms. The number of aryl methyl sites for hydroxylation is 2. The van der Waals surface area contributed by atoms with Gasteiger partial charge in [0.05, 0.1) is 5.92 Å². The molecule has 1 nitrogen and oxygen atoms in total. The van der Waals surface area contributed by atoms with Gasteiger partial charge in [-0.15, -0.1) is 0 Å². The monoisotopic (exact) mass is 284 g/mol. The minimum absolute atomic E-state index is 0.00581. The number of ketones is 1. The Labute approximate surface area is 117 Å². The number of hydrogen-bond acceptors (Lipinski definition) is 1. The molecule has 0 heterocycles. The van der Waals surface area contributed by atoms with Gasteiger partial charge in [-0.1, -0.05) is 12.1 Å². The summed E-state index contributed by atoms with van der Waals surface area (Å²) in [4.78, 5) is 12.3. The lowest BCUT2D eigenvalue weighted by molar-refractivity contribution is -0.183. The molecular weight excluding hydrogens is 265 g/mol. The van der Waals surface area contributed by atoms with E-state index in [9.17, 15) is 18.0 Å². The largest absolute Gasteiger partial charge is 0.391 e. The summed E-state index contributed by atoms with van der Waals surface area (Å²) < 4.78 is 37.8. The Bertz CT molecular complexity index is 497. The molecule has 0 saturated heterocycles. The van der Waals surface area contributed by atoms with Gasteiger partial charge in [-0.3, -0.25) is 4.79 Å². The first kappa shape index (κ1) is 15.1. The zero-order chi connectivity index (χ0) is 14.9. The molecule has 0 atom stereocenters. The quantitative estimate of drug-likeness (QED) is 0.709. The van der Waals surface area contributed by atoms with Crippen LogP contribution < -0.4 is 0 Å². The van der Waals surface area contributed by atoms with E-state index in [1.807, 2.05) is 26.0 Å². The van der Waals surface area contributed by atoms with Crippen molar-refractivity contribution in [1.29, 1.82) is 0 Å². The molecule has 0 N–H and O–H groups in total. The Hall–Kier alpha value is -1.32. The fourth-order valence-electron chi connectivity index (χ4n) is 2.81. The number of Topliss-reactive ketones (excluding diaryl/α,β-unsaturated/α-hetero) is 1. The van der Waals surface area contributed by atoms with Crippen LogP contribution in [0.3, 0.4) is 0 Å². The maximum Gasteiger partial charge on any atom is 0.391 e. The highest BCUT2D eigenvalue weighted by molar-refractivity contribution is 5.98. The SMILES string of the molecule is Cc1ccc(C(=O)C2CCC(C(F)(F)F)CC2)cc1C. The van der Waals surface area contributed by atoms with E-state index >= 15 is 0 Å². The van der Waals surface area contributed by atoms with Crippen LogP contribution in [0.15, 0.2) is 18.2 Å². The summed E-state index contributed by atoms with van der Waals surface area (Å²) in [6.07, 6.45) is -3.28. The van der Waals surface area contributed by atoms with Gasteiger partial charge in [0, 0.05) is 11.5 Å². The summed E-state index contributed by atoms with van der Waals surface area (Å²) in [5.41, 5.74) is 2.78. The van der Waals surface area contributed by atoms with Gasteiger partial charge in [0.2, 0.25) is 0 Å². The molecule has 0 unspecified atom stereocenters. The maximum absolute atomic E-state index is 12.6. The Morgan fingerprint density at radius 1 is 1.05 bits per heavy atom. The molecule has 1 saturated carbocycles. The van der Waals surface area contributed by atoms with Crippen molar-refractivity contribution in [3.63, 3.8) is 0 Å². The Morgan fingerprint density at radius 2 is 1.65 bits per heavy atom. The lowest BCUT2D eigenvalue weighted by Gasteiger charge is -2.29. The van der Waals surface area contributed by atoms with Crippen molar-refractivity contribution in [2.75, 3.05) is 0 Å². The van der Waals surface area contributed by atoms with Crippen LogP contribution in [0.1, 0.15) is 47.2 Å². The molecule has 20 heavy (non-hydrogen) atoms. The van der Waals surface area contributed by atoms with E-state index in [1.165, 1.54) is 0 Å². The number of benzene rings is 1. The molecule has 1 aliphatic rings. The summed E-state index contributed by atoms with van der Waals surface area (Å²) in [7, 11) is 0. The molecule has 1 aromatic carbocycles. The average molecular weight is 284 g/mol. The molecule has 0 aliphatic heterocycles. The van der Waals surface area contributed by atoms with Crippen molar-refractivity contribution in [2.45, 2.75) is 45.7 Å². The van der Waals surface area contributed by atoms with Gasteiger partial charge in [-0.25, -0.2) is 0 Å². The van der Waals surface area contributed by atoms with Crippen LogP contribution >= 0.6 is 0 Å². The van der Waals surface area contributed by atoms with Crippen molar-refractivity contribution >= 4 is 5.78 Å². The number of alkyl halides is 3. The van der Waals surface area contributed by atoms with E-state index in [0.29, 0.717) is 18.4 Å².